The molecule has 0 aromatic heterocycles. The molecule has 0 aromatic rings. The molecule has 0 aliphatic carbocycles. The topological polar surface area (TPSA) is 40.9 Å². The number of ketones is 1. The van der Waals surface area contributed by atoms with E-state index in [0.717, 1.165) is 31.4 Å². The van der Waals surface area contributed by atoms with Crippen molar-refractivity contribution in [3.05, 3.63) is 12.2 Å². The number of unbranched alkanes of at least 4 members (excludes halogenated alkanes) is 1. The van der Waals surface area contributed by atoms with Gasteiger partial charge in [-0.05, 0) is 38.7 Å². The second-order valence-corrected chi connectivity index (χ2v) is 4.07. The number of Topliss-reactive ketones (excluding diaryl/α,β-unsaturated/α-hetero) is 1. The molecule has 0 rings (SSSR count). The standard InChI is InChI=1S/C12H21NO/c1-9(2)12(14)10(3)7-5-6-8-11(4)13/h10,13H,1,5-8H2,2-4H3/t10-/m0/s1. The van der Waals surface area contributed by atoms with Crippen LogP contribution < -0.4 is 0 Å². The van der Waals surface area contributed by atoms with Crippen molar-refractivity contribution in [3.63, 3.8) is 0 Å². The third-order valence-corrected chi connectivity index (χ3v) is 2.31. The third kappa shape index (κ3) is 5.68. The summed E-state index contributed by atoms with van der Waals surface area (Å²) in [4.78, 5) is 11.4. The van der Waals surface area contributed by atoms with E-state index >= 15 is 0 Å². The van der Waals surface area contributed by atoms with Crippen LogP contribution in [-0.4, -0.2) is 11.5 Å². The highest BCUT2D eigenvalue weighted by molar-refractivity contribution is 5.95. The fourth-order valence-electron chi connectivity index (χ4n) is 1.39. The van der Waals surface area contributed by atoms with Crippen molar-refractivity contribution in [2.45, 2.75) is 46.5 Å². The van der Waals surface area contributed by atoms with Crippen molar-refractivity contribution in [3.8, 4) is 0 Å². The first kappa shape index (κ1) is 13.1. The zero-order valence-corrected chi connectivity index (χ0v) is 9.52. The molecule has 0 spiro atoms. The Morgan fingerprint density at radius 2 is 1.93 bits per heavy atom. The molecular formula is C12H21NO. The minimum atomic E-state index is 0.0959. The Labute approximate surface area is 86.9 Å². The average molecular weight is 195 g/mol. The molecule has 0 amide bonds. The minimum Gasteiger partial charge on any atom is -0.310 e. The van der Waals surface area contributed by atoms with Crippen LogP contribution in [0.1, 0.15) is 46.5 Å². The summed E-state index contributed by atoms with van der Waals surface area (Å²) in [6.45, 7) is 9.19. The normalized spacial score (nSPS) is 12.2. The number of carbonyl (C=O) groups is 1. The minimum absolute atomic E-state index is 0.0959. The van der Waals surface area contributed by atoms with Crippen molar-refractivity contribution in [2.24, 2.45) is 5.92 Å². The van der Waals surface area contributed by atoms with Gasteiger partial charge in [0.15, 0.2) is 5.78 Å². The van der Waals surface area contributed by atoms with Gasteiger partial charge >= 0.3 is 0 Å². The van der Waals surface area contributed by atoms with Crippen LogP contribution in [0.2, 0.25) is 0 Å². The van der Waals surface area contributed by atoms with Crippen LogP contribution in [-0.2, 0) is 4.79 Å². The van der Waals surface area contributed by atoms with Gasteiger partial charge in [-0.2, -0.15) is 0 Å². The van der Waals surface area contributed by atoms with Gasteiger partial charge in [0.1, 0.15) is 0 Å². The van der Waals surface area contributed by atoms with E-state index in [1.807, 2.05) is 13.8 Å². The average Bonchev–Trinajstić information content (AvgIpc) is 2.10. The van der Waals surface area contributed by atoms with Gasteiger partial charge in [-0.25, -0.2) is 0 Å². The summed E-state index contributed by atoms with van der Waals surface area (Å²) in [6, 6.07) is 0. The maximum Gasteiger partial charge on any atom is 0.160 e. The Bertz CT molecular complexity index is 230. The zero-order chi connectivity index (χ0) is 11.1. The third-order valence-electron chi connectivity index (χ3n) is 2.31. The fourth-order valence-corrected chi connectivity index (χ4v) is 1.39. The molecule has 0 saturated heterocycles. The van der Waals surface area contributed by atoms with Gasteiger partial charge in [-0.3, -0.25) is 4.79 Å². The molecule has 1 atom stereocenters. The van der Waals surface area contributed by atoms with Crippen LogP contribution >= 0.6 is 0 Å². The number of nitrogens with one attached hydrogen (secondary N) is 1. The van der Waals surface area contributed by atoms with E-state index in [9.17, 15) is 4.79 Å². The number of rotatable bonds is 7. The van der Waals surface area contributed by atoms with Crippen LogP contribution in [0.15, 0.2) is 12.2 Å². The summed E-state index contributed by atoms with van der Waals surface area (Å²) in [5, 5.41) is 7.25. The first-order valence-corrected chi connectivity index (χ1v) is 5.19. The molecular weight excluding hydrogens is 174 g/mol. The van der Waals surface area contributed by atoms with Crippen LogP contribution in [0.25, 0.3) is 0 Å². The lowest BCUT2D eigenvalue weighted by Gasteiger charge is -2.09. The SMILES string of the molecule is C=C(C)C(=O)[C@@H](C)CCCCC(C)=N. The van der Waals surface area contributed by atoms with Gasteiger partial charge in [0.05, 0.1) is 0 Å². The van der Waals surface area contributed by atoms with E-state index in [1.165, 1.54) is 0 Å². The Balaban J connectivity index is 3.64. The predicted molar refractivity (Wildman–Crippen MR) is 60.9 cm³/mol. The molecule has 0 aromatic carbocycles. The van der Waals surface area contributed by atoms with Crippen molar-refractivity contribution >= 4 is 11.5 Å². The number of carbonyl (C=O) groups excluding carboxylic acids is 1. The van der Waals surface area contributed by atoms with Gasteiger partial charge in [0.25, 0.3) is 0 Å². The smallest absolute Gasteiger partial charge is 0.160 e. The van der Waals surface area contributed by atoms with E-state index in [4.69, 9.17) is 5.41 Å². The van der Waals surface area contributed by atoms with Crippen molar-refractivity contribution in [1.82, 2.24) is 0 Å². The molecule has 0 saturated carbocycles. The van der Waals surface area contributed by atoms with E-state index in [0.29, 0.717) is 5.57 Å². The lowest BCUT2D eigenvalue weighted by molar-refractivity contribution is -0.118. The van der Waals surface area contributed by atoms with Crippen molar-refractivity contribution in [2.75, 3.05) is 0 Å². The molecule has 0 aliphatic heterocycles. The highest BCUT2D eigenvalue weighted by Gasteiger charge is 2.12. The Morgan fingerprint density at radius 3 is 2.36 bits per heavy atom. The summed E-state index contributed by atoms with van der Waals surface area (Å²) >= 11 is 0. The Morgan fingerprint density at radius 1 is 1.36 bits per heavy atom. The second-order valence-electron chi connectivity index (χ2n) is 4.07. The van der Waals surface area contributed by atoms with Gasteiger partial charge in [0, 0.05) is 11.6 Å². The van der Waals surface area contributed by atoms with Crippen LogP contribution in [0.5, 0.6) is 0 Å². The Kier molecular flexibility index (Phi) is 6.09. The van der Waals surface area contributed by atoms with Gasteiger partial charge in [0.2, 0.25) is 0 Å². The highest BCUT2D eigenvalue weighted by atomic mass is 16.1. The first-order valence-electron chi connectivity index (χ1n) is 5.19. The number of allylic oxidation sites excluding steroid dienone is 1. The summed E-state index contributed by atoms with van der Waals surface area (Å²) < 4.78 is 0. The van der Waals surface area contributed by atoms with Gasteiger partial charge < -0.3 is 5.41 Å². The second kappa shape index (κ2) is 6.52. The van der Waals surface area contributed by atoms with Gasteiger partial charge in [-0.1, -0.05) is 19.9 Å². The molecule has 80 valence electrons. The number of hydrogen-bond acceptors (Lipinski definition) is 2. The van der Waals surface area contributed by atoms with Crippen LogP contribution in [0.3, 0.4) is 0 Å². The van der Waals surface area contributed by atoms with E-state index < -0.39 is 0 Å². The fraction of sp³-hybridized carbons (Fsp3) is 0.667. The molecule has 2 heteroatoms. The zero-order valence-electron chi connectivity index (χ0n) is 9.52. The largest absolute Gasteiger partial charge is 0.310 e. The van der Waals surface area contributed by atoms with Gasteiger partial charge in [-0.15, -0.1) is 0 Å². The summed E-state index contributed by atoms with van der Waals surface area (Å²) in [7, 11) is 0. The summed E-state index contributed by atoms with van der Waals surface area (Å²) in [5.74, 6) is 0.273. The maximum absolute atomic E-state index is 11.4. The molecule has 1 N–H and O–H groups in total. The summed E-state index contributed by atoms with van der Waals surface area (Å²) in [6.07, 6.45) is 3.81. The molecule has 2 nitrogen and oxygen atoms in total. The molecule has 0 bridgehead atoms. The lowest BCUT2D eigenvalue weighted by atomic mass is 9.95. The summed E-state index contributed by atoms with van der Waals surface area (Å²) in [5.41, 5.74) is 1.38. The molecule has 0 heterocycles. The Hall–Kier alpha value is -0.920. The maximum atomic E-state index is 11.4. The molecule has 0 aliphatic rings. The van der Waals surface area contributed by atoms with Crippen LogP contribution in [0.4, 0.5) is 0 Å². The van der Waals surface area contributed by atoms with Crippen molar-refractivity contribution < 1.29 is 4.79 Å². The van der Waals surface area contributed by atoms with E-state index in [1.54, 1.807) is 6.92 Å². The first-order chi connectivity index (χ1) is 6.45. The van der Waals surface area contributed by atoms with Crippen molar-refractivity contribution in [1.29, 1.82) is 5.41 Å². The molecule has 0 fully saturated rings. The molecule has 0 unspecified atom stereocenters. The highest BCUT2D eigenvalue weighted by Crippen LogP contribution is 2.13. The quantitative estimate of drug-likeness (QED) is 0.377. The number of hydrogen-bond donors (Lipinski definition) is 1. The molecule has 14 heavy (non-hydrogen) atoms. The van der Waals surface area contributed by atoms with E-state index in [-0.39, 0.29) is 11.7 Å². The lowest BCUT2D eigenvalue weighted by Crippen LogP contribution is -2.11. The monoisotopic (exact) mass is 195 g/mol. The van der Waals surface area contributed by atoms with E-state index in [2.05, 4.69) is 6.58 Å². The predicted octanol–water partition coefficient (Wildman–Crippen LogP) is 3.37. The molecule has 0 radical (unpaired) electrons. The van der Waals surface area contributed by atoms with Crippen LogP contribution in [0, 0.1) is 11.3 Å².